The Morgan fingerprint density at radius 3 is 2.54 bits per heavy atom. The van der Waals surface area contributed by atoms with Gasteiger partial charge in [-0.25, -0.2) is 0 Å². The highest BCUT2D eigenvalue weighted by molar-refractivity contribution is 6.04. The molecular weight excluding hydrogens is 352 g/mol. The second kappa shape index (κ2) is 7.70. The molecule has 3 rings (SSSR count). The molecule has 148 valence electrons. The van der Waals surface area contributed by atoms with E-state index in [2.05, 4.69) is 0 Å². The van der Waals surface area contributed by atoms with Gasteiger partial charge in [0.25, 0.3) is 0 Å². The van der Waals surface area contributed by atoms with Crippen molar-refractivity contribution < 1.29 is 19.0 Å². The fourth-order valence-corrected chi connectivity index (χ4v) is 3.66. The maximum absolute atomic E-state index is 13.5. The van der Waals surface area contributed by atoms with E-state index in [9.17, 15) is 4.79 Å². The third-order valence-electron chi connectivity index (χ3n) is 5.21. The Balaban J connectivity index is 2.04. The number of hydrogen-bond donors (Lipinski definition) is 0. The molecule has 0 radical (unpaired) electrons. The zero-order chi connectivity index (χ0) is 20.5. The molecule has 4 nitrogen and oxygen atoms in total. The van der Waals surface area contributed by atoms with Crippen LogP contribution >= 0.6 is 0 Å². The number of benzene rings is 2. The molecule has 0 amide bonds. The number of carbonyl (C=O) groups excluding carboxylic acids is 1. The van der Waals surface area contributed by atoms with Gasteiger partial charge in [0.2, 0.25) is 0 Å². The number of methoxy groups -OCH3 is 2. The van der Waals surface area contributed by atoms with Crippen molar-refractivity contribution in [3.63, 3.8) is 0 Å². The Kier molecular flexibility index (Phi) is 5.50. The van der Waals surface area contributed by atoms with Crippen LogP contribution < -0.4 is 14.2 Å². The predicted octanol–water partition coefficient (Wildman–Crippen LogP) is 5.57. The van der Waals surface area contributed by atoms with Gasteiger partial charge in [-0.15, -0.1) is 0 Å². The Hall–Kier alpha value is -2.75. The fraction of sp³-hybridized carbons (Fsp3) is 0.375. The summed E-state index contributed by atoms with van der Waals surface area (Å²) in [7, 11) is 3.24. The molecule has 0 saturated carbocycles. The van der Waals surface area contributed by atoms with Crippen molar-refractivity contribution in [1.82, 2.24) is 0 Å². The molecule has 0 fully saturated rings. The van der Waals surface area contributed by atoms with Crippen LogP contribution in [0.15, 0.2) is 36.4 Å². The maximum Gasteiger partial charge on any atom is 0.174 e. The Morgan fingerprint density at radius 1 is 1.14 bits per heavy atom. The summed E-state index contributed by atoms with van der Waals surface area (Å²) in [6, 6.07) is 9.62. The molecule has 4 heteroatoms. The van der Waals surface area contributed by atoms with E-state index in [1.807, 2.05) is 70.2 Å². The first-order chi connectivity index (χ1) is 13.3. The van der Waals surface area contributed by atoms with Crippen molar-refractivity contribution in [1.29, 1.82) is 0 Å². The van der Waals surface area contributed by atoms with Crippen LogP contribution in [0.1, 0.15) is 60.2 Å². The minimum absolute atomic E-state index is 0.0336. The van der Waals surface area contributed by atoms with Gasteiger partial charge in [-0.3, -0.25) is 4.79 Å². The lowest BCUT2D eigenvalue weighted by Crippen LogP contribution is -2.27. The van der Waals surface area contributed by atoms with Crippen LogP contribution in [-0.2, 0) is 0 Å². The van der Waals surface area contributed by atoms with Gasteiger partial charge in [-0.05, 0) is 68.7 Å². The zero-order valence-electron chi connectivity index (χ0n) is 17.5. The van der Waals surface area contributed by atoms with Crippen molar-refractivity contribution in [3.05, 3.63) is 58.7 Å². The Bertz CT molecular complexity index is 924. The minimum Gasteiger partial charge on any atom is -0.496 e. The van der Waals surface area contributed by atoms with Crippen molar-refractivity contribution in [2.75, 3.05) is 14.2 Å². The molecule has 1 heterocycles. The minimum atomic E-state index is -0.381. The molecule has 0 saturated heterocycles. The third kappa shape index (κ3) is 3.64. The summed E-state index contributed by atoms with van der Waals surface area (Å²) < 4.78 is 17.1. The molecular formula is C24H28O4. The summed E-state index contributed by atoms with van der Waals surface area (Å²) in [5, 5.41) is 0. The number of ketones is 1. The van der Waals surface area contributed by atoms with Crippen LogP contribution in [0.2, 0.25) is 0 Å². The normalized spacial score (nSPS) is 15.4. The summed E-state index contributed by atoms with van der Waals surface area (Å²) >= 11 is 0. The first kappa shape index (κ1) is 20.0. The van der Waals surface area contributed by atoms with Gasteiger partial charge in [0.1, 0.15) is 22.8 Å². The summed E-state index contributed by atoms with van der Waals surface area (Å²) in [6.07, 6.45) is 4.64. The monoisotopic (exact) mass is 380 g/mol. The standard InChI is InChI=1S/C24H28O4/c1-7-17(16-9-8-15(2)21(14-16)26-5)22(25)19-10-11-20-18(23(19)27-6)12-13-24(3,4)28-20/h8-14,17H,7H2,1-6H3. The molecule has 28 heavy (non-hydrogen) atoms. The number of carbonyl (C=O) groups is 1. The van der Waals surface area contributed by atoms with Crippen molar-refractivity contribution in [2.45, 2.75) is 45.6 Å². The van der Waals surface area contributed by atoms with Gasteiger partial charge in [0, 0.05) is 5.92 Å². The largest absolute Gasteiger partial charge is 0.496 e. The number of Topliss-reactive ketones (excluding diaryl/α,β-unsaturated/α-hetero) is 1. The van der Waals surface area contributed by atoms with Crippen LogP contribution in [0.5, 0.6) is 17.2 Å². The molecule has 0 spiro atoms. The summed E-state index contributed by atoms with van der Waals surface area (Å²) in [4.78, 5) is 13.5. The van der Waals surface area contributed by atoms with Gasteiger partial charge in [-0.1, -0.05) is 19.1 Å². The van der Waals surface area contributed by atoms with E-state index in [1.165, 1.54) is 0 Å². The Labute approximate surface area is 167 Å². The molecule has 1 aliphatic heterocycles. The molecule has 2 aromatic rings. The van der Waals surface area contributed by atoms with E-state index in [-0.39, 0.29) is 17.3 Å². The predicted molar refractivity (Wildman–Crippen MR) is 112 cm³/mol. The van der Waals surface area contributed by atoms with E-state index in [0.29, 0.717) is 17.7 Å². The van der Waals surface area contributed by atoms with Crippen molar-refractivity contribution >= 4 is 11.9 Å². The first-order valence-electron chi connectivity index (χ1n) is 9.59. The van der Waals surface area contributed by atoms with Crippen LogP contribution in [0.3, 0.4) is 0 Å². The number of fused-ring (bicyclic) bond motifs is 1. The average molecular weight is 380 g/mol. The molecule has 0 aliphatic carbocycles. The summed E-state index contributed by atoms with van der Waals surface area (Å²) in [5.41, 5.74) is 2.99. The topological polar surface area (TPSA) is 44.8 Å². The molecule has 1 aliphatic rings. The number of hydrogen-bond acceptors (Lipinski definition) is 4. The number of aryl methyl sites for hydroxylation is 1. The van der Waals surface area contributed by atoms with E-state index in [0.717, 1.165) is 28.2 Å². The Morgan fingerprint density at radius 2 is 1.89 bits per heavy atom. The highest BCUT2D eigenvalue weighted by Gasteiger charge is 2.29. The SMILES string of the molecule is CCC(C(=O)c1ccc2c(c1OC)C=CC(C)(C)O2)c1ccc(C)c(OC)c1. The zero-order valence-corrected chi connectivity index (χ0v) is 17.5. The van der Waals surface area contributed by atoms with E-state index in [4.69, 9.17) is 14.2 Å². The molecule has 0 bridgehead atoms. The second-order valence-corrected chi connectivity index (χ2v) is 7.65. The lowest BCUT2D eigenvalue weighted by atomic mass is 9.86. The molecule has 0 aromatic heterocycles. The third-order valence-corrected chi connectivity index (χ3v) is 5.21. The first-order valence-corrected chi connectivity index (χ1v) is 9.59. The smallest absolute Gasteiger partial charge is 0.174 e. The highest BCUT2D eigenvalue weighted by Crippen LogP contribution is 2.41. The highest BCUT2D eigenvalue weighted by atomic mass is 16.5. The molecule has 0 N–H and O–H groups in total. The lowest BCUT2D eigenvalue weighted by molar-refractivity contribution is 0.0954. The van der Waals surface area contributed by atoms with Gasteiger partial charge < -0.3 is 14.2 Å². The van der Waals surface area contributed by atoms with E-state index < -0.39 is 0 Å². The molecule has 2 aromatic carbocycles. The maximum atomic E-state index is 13.5. The van der Waals surface area contributed by atoms with Crippen LogP contribution in [0, 0.1) is 6.92 Å². The van der Waals surface area contributed by atoms with E-state index >= 15 is 0 Å². The fourth-order valence-electron chi connectivity index (χ4n) is 3.66. The van der Waals surface area contributed by atoms with Gasteiger partial charge >= 0.3 is 0 Å². The number of ether oxygens (including phenoxy) is 3. The van der Waals surface area contributed by atoms with Crippen LogP contribution in [0.4, 0.5) is 0 Å². The van der Waals surface area contributed by atoms with Crippen molar-refractivity contribution in [2.24, 2.45) is 0 Å². The van der Waals surface area contributed by atoms with E-state index in [1.54, 1.807) is 14.2 Å². The van der Waals surface area contributed by atoms with Gasteiger partial charge in [0.15, 0.2) is 5.78 Å². The van der Waals surface area contributed by atoms with Gasteiger partial charge in [0.05, 0.1) is 25.3 Å². The summed E-state index contributed by atoms with van der Waals surface area (Å²) in [5.74, 6) is 1.84. The van der Waals surface area contributed by atoms with Crippen LogP contribution in [-0.4, -0.2) is 25.6 Å². The lowest BCUT2D eigenvalue weighted by Gasteiger charge is -2.29. The molecule has 1 unspecified atom stereocenters. The van der Waals surface area contributed by atoms with Crippen molar-refractivity contribution in [3.8, 4) is 17.2 Å². The summed E-state index contributed by atoms with van der Waals surface area (Å²) in [6.45, 7) is 8.00. The average Bonchev–Trinajstić information content (AvgIpc) is 2.67. The molecule has 1 atom stereocenters. The second-order valence-electron chi connectivity index (χ2n) is 7.65. The number of rotatable bonds is 6. The quantitative estimate of drug-likeness (QED) is 0.614. The van der Waals surface area contributed by atoms with Gasteiger partial charge in [-0.2, -0.15) is 0 Å². The van der Waals surface area contributed by atoms with Crippen LogP contribution in [0.25, 0.3) is 6.08 Å².